The third-order valence-electron chi connectivity index (χ3n) is 5.88. The minimum atomic E-state index is -1.34. The molecule has 10 heteroatoms. The van der Waals surface area contributed by atoms with Gasteiger partial charge in [0.05, 0.1) is 15.7 Å². The summed E-state index contributed by atoms with van der Waals surface area (Å²) in [6, 6.07) is 16.2. The van der Waals surface area contributed by atoms with E-state index < -0.39 is 23.4 Å². The summed E-state index contributed by atoms with van der Waals surface area (Å²) >= 11 is 18.5. The molecule has 3 rings (SSSR count). The van der Waals surface area contributed by atoms with Crippen molar-refractivity contribution in [2.75, 3.05) is 18.4 Å². The van der Waals surface area contributed by atoms with E-state index in [4.69, 9.17) is 39.5 Å². The van der Waals surface area contributed by atoms with Crippen molar-refractivity contribution < 1.29 is 23.8 Å². The van der Waals surface area contributed by atoms with E-state index >= 15 is 0 Å². The highest BCUT2D eigenvalue weighted by molar-refractivity contribution is 6.44. The van der Waals surface area contributed by atoms with Gasteiger partial charge in [-0.05, 0) is 75.1 Å². The zero-order chi connectivity index (χ0) is 27.9. The van der Waals surface area contributed by atoms with Crippen LogP contribution in [0.25, 0.3) is 0 Å². The van der Waals surface area contributed by atoms with Crippen LogP contribution in [0.3, 0.4) is 0 Å². The Morgan fingerprint density at radius 1 is 0.947 bits per heavy atom. The Hall–Kier alpha value is -3.00. The molecule has 0 aliphatic heterocycles. The molecule has 0 aliphatic rings. The van der Waals surface area contributed by atoms with Gasteiger partial charge in [-0.3, -0.25) is 0 Å². The fourth-order valence-corrected chi connectivity index (χ4v) is 4.27. The number of aliphatic carboxylic acids is 1. The van der Waals surface area contributed by atoms with Gasteiger partial charge in [0.25, 0.3) is 0 Å². The minimum Gasteiger partial charge on any atom is -0.478 e. The van der Waals surface area contributed by atoms with Crippen molar-refractivity contribution in [1.82, 2.24) is 4.90 Å². The minimum absolute atomic E-state index is 0.224. The Kier molecular flexibility index (Phi) is 10.3. The number of ether oxygens (including phenoxy) is 1. The molecule has 6 nitrogen and oxygen atoms in total. The first-order valence-electron chi connectivity index (χ1n) is 11.9. The number of carbonyl (C=O) groups excluding carboxylic acids is 1. The fraction of sp³-hybridized carbons (Fsp3) is 0.286. The zero-order valence-corrected chi connectivity index (χ0v) is 23.2. The van der Waals surface area contributed by atoms with Crippen LogP contribution in [0.2, 0.25) is 15.1 Å². The standard InChI is InChI=1S/C28H28Cl3FN2O4/c1-28(2,26(35)36)38-19-13-11-18(12-14-19)6-5-16-34(17-15-20-21(29)7-3-9-23(20)32)27(37)33-24-10-4-8-22(30)25(24)31/h3-4,7-14H,5-6,15-17H2,1-2H3,(H,33,37)(H,35,36). The molecule has 2 N–H and O–H groups in total. The maximum Gasteiger partial charge on any atom is 0.347 e. The molecule has 2 amide bonds. The molecule has 0 unspecified atom stereocenters. The first-order valence-corrected chi connectivity index (χ1v) is 13.1. The van der Waals surface area contributed by atoms with E-state index in [0.717, 1.165) is 5.56 Å². The molecule has 0 heterocycles. The van der Waals surface area contributed by atoms with E-state index in [9.17, 15) is 19.1 Å². The average molecular weight is 582 g/mol. The molecule has 0 aliphatic carbocycles. The van der Waals surface area contributed by atoms with Gasteiger partial charge in [-0.2, -0.15) is 0 Å². The molecule has 0 atom stereocenters. The van der Waals surface area contributed by atoms with Crippen LogP contribution in [0.5, 0.6) is 5.75 Å². The molecule has 0 spiro atoms. The number of benzene rings is 3. The van der Waals surface area contributed by atoms with E-state index in [1.165, 1.54) is 26.0 Å². The summed E-state index contributed by atoms with van der Waals surface area (Å²) in [7, 11) is 0. The van der Waals surface area contributed by atoms with Crippen LogP contribution in [0, 0.1) is 5.82 Å². The average Bonchev–Trinajstić information content (AvgIpc) is 2.86. The van der Waals surface area contributed by atoms with E-state index in [2.05, 4.69) is 5.32 Å². The van der Waals surface area contributed by atoms with Crippen molar-refractivity contribution >= 4 is 52.5 Å². The van der Waals surface area contributed by atoms with Crippen molar-refractivity contribution in [3.8, 4) is 5.75 Å². The number of hydrogen-bond acceptors (Lipinski definition) is 3. The van der Waals surface area contributed by atoms with Crippen LogP contribution < -0.4 is 10.1 Å². The summed E-state index contributed by atoms with van der Waals surface area (Å²) in [4.78, 5) is 26.0. The Labute approximate surface area is 236 Å². The number of nitrogens with one attached hydrogen (secondary N) is 1. The van der Waals surface area contributed by atoms with Crippen LogP contribution >= 0.6 is 34.8 Å². The summed E-state index contributed by atoms with van der Waals surface area (Å²) in [6.45, 7) is 3.56. The number of aryl methyl sites for hydroxylation is 1. The topological polar surface area (TPSA) is 78.9 Å². The molecule has 0 fully saturated rings. The maximum absolute atomic E-state index is 14.3. The highest BCUT2D eigenvalue weighted by Crippen LogP contribution is 2.30. The molecular formula is C28H28Cl3FN2O4. The summed E-state index contributed by atoms with van der Waals surface area (Å²) in [5.41, 5.74) is 0.356. The molecule has 0 saturated heterocycles. The molecule has 38 heavy (non-hydrogen) atoms. The first kappa shape index (κ1) is 29.6. The number of rotatable bonds is 11. The van der Waals surface area contributed by atoms with Crippen LogP contribution in [-0.4, -0.2) is 40.7 Å². The van der Waals surface area contributed by atoms with Crippen molar-refractivity contribution in [2.45, 2.75) is 38.7 Å². The Balaban J connectivity index is 1.67. The van der Waals surface area contributed by atoms with E-state index in [-0.39, 0.29) is 18.0 Å². The highest BCUT2D eigenvalue weighted by Gasteiger charge is 2.29. The number of nitrogens with zero attached hydrogens (tertiary/aromatic N) is 1. The summed E-state index contributed by atoms with van der Waals surface area (Å²) < 4.78 is 19.9. The zero-order valence-electron chi connectivity index (χ0n) is 20.9. The number of carbonyl (C=O) groups is 2. The second-order valence-corrected chi connectivity index (χ2v) is 10.3. The predicted octanol–water partition coefficient (Wildman–Crippen LogP) is 7.74. The largest absolute Gasteiger partial charge is 0.478 e. The van der Waals surface area contributed by atoms with E-state index in [1.54, 1.807) is 41.3 Å². The highest BCUT2D eigenvalue weighted by atomic mass is 35.5. The van der Waals surface area contributed by atoms with Gasteiger partial charge in [0.2, 0.25) is 0 Å². The molecule has 3 aromatic carbocycles. The first-order chi connectivity index (χ1) is 18.0. The third-order valence-corrected chi connectivity index (χ3v) is 7.05. The van der Waals surface area contributed by atoms with Gasteiger partial charge >= 0.3 is 12.0 Å². The Morgan fingerprint density at radius 3 is 2.26 bits per heavy atom. The third kappa shape index (κ3) is 8.00. The van der Waals surface area contributed by atoms with Gasteiger partial charge in [-0.25, -0.2) is 14.0 Å². The van der Waals surface area contributed by atoms with Crippen LogP contribution in [0.4, 0.5) is 14.9 Å². The number of carboxylic acid groups (broad SMARTS) is 1. The molecule has 3 aromatic rings. The maximum atomic E-state index is 14.3. The van der Waals surface area contributed by atoms with Gasteiger partial charge in [-0.1, -0.05) is 59.1 Å². The lowest BCUT2D eigenvalue weighted by atomic mass is 10.1. The number of halogens is 4. The second kappa shape index (κ2) is 13.2. The summed E-state index contributed by atoms with van der Waals surface area (Å²) in [6.07, 6.45) is 1.49. The molecule has 0 radical (unpaired) electrons. The molecular weight excluding hydrogens is 554 g/mol. The SMILES string of the molecule is CC(C)(Oc1ccc(CCCN(CCc2c(F)cccc2Cl)C(=O)Nc2cccc(Cl)c2Cl)cc1)C(=O)O. The van der Waals surface area contributed by atoms with Crippen LogP contribution in [0.15, 0.2) is 60.7 Å². The fourth-order valence-electron chi connectivity index (χ4n) is 3.66. The number of hydrogen-bond donors (Lipinski definition) is 2. The quantitative estimate of drug-likeness (QED) is 0.243. The van der Waals surface area contributed by atoms with Gasteiger partial charge in [0.15, 0.2) is 5.60 Å². The molecule has 0 saturated carbocycles. The molecule has 0 bridgehead atoms. The molecule has 202 valence electrons. The van der Waals surface area contributed by atoms with E-state index in [0.29, 0.717) is 46.4 Å². The normalized spacial score (nSPS) is 11.2. The van der Waals surface area contributed by atoms with Crippen molar-refractivity contribution in [2.24, 2.45) is 0 Å². The van der Waals surface area contributed by atoms with Gasteiger partial charge < -0.3 is 20.1 Å². The van der Waals surface area contributed by atoms with Crippen molar-refractivity contribution in [3.63, 3.8) is 0 Å². The van der Waals surface area contributed by atoms with Crippen LogP contribution in [-0.2, 0) is 17.6 Å². The lowest BCUT2D eigenvalue weighted by molar-refractivity contribution is -0.152. The molecule has 0 aromatic heterocycles. The van der Waals surface area contributed by atoms with Gasteiger partial charge in [0, 0.05) is 23.7 Å². The van der Waals surface area contributed by atoms with Crippen molar-refractivity contribution in [1.29, 1.82) is 0 Å². The number of anilines is 1. The predicted molar refractivity (Wildman–Crippen MR) is 149 cm³/mol. The number of urea groups is 1. The van der Waals surface area contributed by atoms with Gasteiger partial charge in [0.1, 0.15) is 11.6 Å². The monoisotopic (exact) mass is 580 g/mol. The lowest BCUT2D eigenvalue weighted by Gasteiger charge is -2.24. The lowest BCUT2D eigenvalue weighted by Crippen LogP contribution is -2.37. The summed E-state index contributed by atoms with van der Waals surface area (Å²) in [5, 5.41) is 12.9. The summed E-state index contributed by atoms with van der Waals surface area (Å²) in [5.74, 6) is -1.04. The second-order valence-electron chi connectivity index (χ2n) is 9.13. The van der Waals surface area contributed by atoms with Crippen LogP contribution in [0.1, 0.15) is 31.4 Å². The number of amides is 2. The van der Waals surface area contributed by atoms with Crippen molar-refractivity contribution in [3.05, 3.63) is 92.7 Å². The van der Waals surface area contributed by atoms with Gasteiger partial charge in [-0.15, -0.1) is 0 Å². The van der Waals surface area contributed by atoms with E-state index in [1.807, 2.05) is 12.1 Å². The Bertz CT molecular complexity index is 1270. The number of carboxylic acids is 1. The Morgan fingerprint density at radius 2 is 1.61 bits per heavy atom. The smallest absolute Gasteiger partial charge is 0.347 e.